The highest BCUT2D eigenvalue weighted by Crippen LogP contribution is 2.29. The molecular formula is C10H6BrNO3. The van der Waals surface area contributed by atoms with Gasteiger partial charge in [0.05, 0.1) is 0 Å². The minimum atomic E-state index is -1.13. The molecule has 2 aromatic rings. The van der Waals surface area contributed by atoms with E-state index < -0.39 is 5.97 Å². The molecule has 0 aliphatic heterocycles. The van der Waals surface area contributed by atoms with E-state index in [9.17, 15) is 4.79 Å². The number of carboxylic acid groups (broad SMARTS) is 1. The summed E-state index contributed by atoms with van der Waals surface area (Å²) in [5.41, 5.74) is 1.03. The van der Waals surface area contributed by atoms with Gasteiger partial charge in [0.25, 0.3) is 0 Å². The molecule has 76 valence electrons. The number of carboxylic acids is 1. The molecule has 0 bridgehead atoms. The van der Waals surface area contributed by atoms with Crippen molar-refractivity contribution in [3.8, 4) is 11.3 Å². The van der Waals surface area contributed by atoms with E-state index in [1.165, 1.54) is 0 Å². The van der Waals surface area contributed by atoms with Crippen molar-refractivity contribution in [2.75, 3.05) is 0 Å². The van der Waals surface area contributed by atoms with E-state index in [-0.39, 0.29) is 5.76 Å². The average Bonchev–Trinajstić information content (AvgIpc) is 2.67. The topological polar surface area (TPSA) is 63.3 Å². The number of halogens is 1. The van der Waals surface area contributed by atoms with Crippen molar-refractivity contribution in [1.29, 1.82) is 0 Å². The first kappa shape index (κ1) is 9.92. The predicted molar refractivity (Wildman–Crippen MR) is 56.6 cm³/mol. The van der Waals surface area contributed by atoms with Crippen molar-refractivity contribution in [3.63, 3.8) is 0 Å². The summed E-state index contributed by atoms with van der Waals surface area (Å²) in [5, 5.41) is 8.86. The fraction of sp³-hybridized carbons (Fsp3) is 0. The van der Waals surface area contributed by atoms with E-state index in [0.717, 1.165) is 10.9 Å². The van der Waals surface area contributed by atoms with Crippen molar-refractivity contribution >= 4 is 21.9 Å². The van der Waals surface area contributed by atoms with Crippen LogP contribution >= 0.6 is 15.9 Å². The van der Waals surface area contributed by atoms with Gasteiger partial charge in [0.1, 0.15) is 5.69 Å². The molecule has 0 radical (unpaired) electrons. The van der Waals surface area contributed by atoms with E-state index in [1.807, 2.05) is 12.1 Å². The van der Waals surface area contributed by atoms with Gasteiger partial charge in [-0.2, -0.15) is 0 Å². The molecule has 0 spiro atoms. The number of hydrogen-bond acceptors (Lipinski definition) is 3. The zero-order valence-electron chi connectivity index (χ0n) is 7.48. The van der Waals surface area contributed by atoms with Crippen LogP contribution in [0, 0.1) is 0 Å². The Labute approximate surface area is 93.7 Å². The molecule has 0 saturated heterocycles. The van der Waals surface area contributed by atoms with Crippen LogP contribution in [0.2, 0.25) is 0 Å². The van der Waals surface area contributed by atoms with E-state index in [1.54, 1.807) is 12.1 Å². The summed E-state index contributed by atoms with van der Waals surface area (Å²) in [7, 11) is 0. The van der Waals surface area contributed by atoms with Crippen LogP contribution in [0.3, 0.4) is 0 Å². The first-order valence-corrected chi connectivity index (χ1v) is 4.91. The van der Waals surface area contributed by atoms with E-state index in [2.05, 4.69) is 20.9 Å². The van der Waals surface area contributed by atoms with Gasteiger partial charge in [-0.1, -0.05) is 34.1 Å². The van der Waals surface area contributed by atoms with Crippen molar-refractivity contribution in [2.45, 2.75) is 0 Å². The standard InChI is InChI=1S/C10H6BrNO3/c11-7-4-2-1-3-6(7)8-9(10(13)14)15-5-12-8/h1-5H,(H,13,14). The summed E-state index contributed by atoms with van der Waals surface area (Å²) in [6.45, 7) is 0. The lowest BCUT2D eigenvalue weighted by molar-refractivity contribution is 0.0663. The van der Waals surface area contributed by atoms with Gasteiger partial charge in [0, 0.05) is 10.0 Å². The van der Waals surface area contributed by atoms with Gasteiger partial charge < -0.3 is 9.52 Å². The molecule has 1 N–H and O–H groups in total. The Hall–Kier alpha value is -1.62. The number of benzene rings is 1. The van der Waals surface area contributed by atoms with Crippen LogP contribution < -0.4 is 0 Å². The third-order valence-electron chi connectivity index (χ3n) is 1.89. The number of hydrogen-bond donors (Lipinski definition) is 1. The van der Waals surface area contributed by atoms with Crippen LogP contribution in [0.1, 0.15) is 10.6 Å². The van der Waals surface area contributed by atoms with Crippen molar-refractivity contribution < 1.29 is 14.3 Å². The molecule has 1 heterocycles. The maximum absolute atomic E-state index is 10.8. The molecule has 0 atom stereocenters. The van der Waals surface area contributed by atoms with Crippen LogP contribution in [0.4, 0.5) is 0 Å². The molecule has 15 heavy (non-hydrogen) atoms. The third-order valence-corrected chi connectivity index (χ3v) is 2.58. The highest BCUT2D eigenvalue weighted by Gasteiger charge is 2.18. The van der Waals surface area contributed by atoms with Gasteiger partial charge in [-0.25, -0.2) is 9.78 Å². The van der Waals surface area contributed by atoms with Crippen molar-refractivity contribution in [3.05, 3.63) is 40.9 Å². The zero-order chi connectivity index (χ0) is 10.8. The summed E-state index contributed by atoms with van der Waals surface area (Å²) < 4.78 is 5.58. The second-order valence-corrected chi connectivity index (χ2v) is 3.67. The number of carbonyl (C=O) groups is 1. The Balaban J connectivity index is 2.59. The third kappa shape index (κ3) is 1.78. The molecule has 5 heteroatoms. The molecule has 0 amide bonds. The fourth-order valence-corrected chi connectivity index (χ4v) is 1.72. The Morgan fingerprint density at radius 3 is 2.80 bits per heavy atom. The summed E-state index contributed by atoms with van der Waals surface area (Å²) in [6, 6.07) is 7.23. The molecule has 1 aromatic heterocycles. The molecule has 0 saturated carbocycles. The lowest BCUT2D eigenvalue weighted by atomic mass is 10.1. The van der Waals surface area contributed by atoms with Gasteiger partial charge in [-0.05, 0) is 6.07 Å². The Kier molecular flexibility index (Phi) is 2.55. The van der Waals surface area contributed by atoms with Gasteiger partial charge in [-0.15, -0.1) is 0 Å². The maximum Gasteiger partial charge on any atom is 0.374 e. The van der Waals surface area contributed by atoms with Gasteiger partial charge in [-0.3, -0.25) is 0 Å². The van der Waals surface area contributed by atoms with Gasteiger partial charge in [0.2, 0.25) is 5.76 Å². The summed E-state index contributed by atoms with van der Waals surface area (Å²) in [6.07, 6.45) is 1.12. The normalized spacial score (nSPS) is 10.2. The average molecular weight is 268 g/mol. The van der Waals surface area contributed by atoms with Gasteiger partial charge >= 0.3 is 5.97 Å². The lowest BCUT2D eigenvalue weighted by Gasteiger charge is -2.00. The minimum absolute atomic E-state index is 0.151. The molecule has 0 fully saturated rings. The van der Waals surface area contributed by atoms with Crippen LogP contribution in [-0.4, -0.2) is 16.1 Å². The fourth-order valence-electron chi connectivity index (χ4n) is 1.24. The largest absolute Gasteiger partial charge is 0.475 e. The zero-order valence-corrected chi connectivity index (χ0v) is 9.06. The minimum Gasteiger partial charge on any atom is -0.475 e. The monoisotopic (exact) mass is 267 g/mol. The summed E-state index contributed by atoms with van der Waals surface area (Å²) >= 11 is 3.33. The van der Waals surface area contributed by atoms with Crippen LogP contribution in [0.5, 0.6) is 0 Å². The molecule has 1 aromatic carbocycles. The summed E-state index contributed by atoms with van der Waals surface area (Å²) in [4.78, 5) is 14.7. The Morgan fingerprint density at radius 2 is 2.13 bits per heavy atom. The molecule has 4 nitrogen and oxygen atoms in total. The van der Waals surface area contributed by atoms with E-state index in [4.69, 9.17) is 9.52 Å². The Bertz CT molecular complexity index is 507. The first-order valence-electron chi connectivity index (χ1n) is 4.12. The van der Waals surface area contributed by atoms with Crippen LogP contribution in [0.25, 0.3) is 11.3 Å². The van der Waals surface area contributed by atoms with E-state index in [0.29, 0.717) is 11.3 Å². The van der Waals surface area contributed by atoms with E-state index >= 15 is 0 Å². The van der Waals surface area contributed by atoms with Crippen LogP contribution in [0.15, 0.2) is 39.5 Å². The molecular weight excluding hydrogens is 262 g/mol. The number of nitrogens with zero attached hydrogens (tertiary/aromatic N) is 1. The second kappa shape index (κ2) is 3.86. The SMILES string of the molecule is O=C(O)c1ocnc1-c1ccccc1Br. The smallest absolute Gasteiger partial charge is 0.374 e. The quantitative estimate of drug-likeness (QED) is 0.909. The molecule has 0 aliphatic carbocycles. The van der Waals surface area contributed by atoms with Crippen molar-refractivity contribution in [1.82, 2.24) is 4.98 Å². The number of aromatic nitrogens is 1. The second-order valence-electron chi connectivity index (χ2n) is 2.82. The number of oxazole rings is 1. The Morgan fingerprint density at radius 1 is 1.40 bits per heavy atom. The van der Waals surface area contributed by atoms with Gasteiger partial charge in [0.15, 0.2) is 6.39 Å². The van der Waals surface area contributed by atoms with Crippen molar-refractivity contribution in [2.24, 2.45) is 0 Å². The van der Waals surface area contributed by atoms with Crippen LogP contribution in [-0.2, 0) is 0 Å². The predicted octanol–water partition coefficient (Wildman–Crippen LogP) is 2.80. The molecule has 0 aliphatic rings. The highest BCUT2D eigenvalue weighted by atomic mass is 79.9. The number of aromatic carboxylic acids is 1. The maximum atomic E-state index is 10.8. The first-order chi connectivity index (χ1) is 7.20. The highest BCUT2D eigenvalue weighted by molar-refractivity contribution is 9.10. The lowest BCUT2D eigenvalue weighted by Crippen LogP contribution is -1.96. The number of rotatable bonds is 2. The summed E-state index contributed by atoms with van der Waals surface area (Å²) in [5.74, 6) is -1.28. The molecule has 0 unspecified atom stereocenters. The molecule has 2 rings (SSSR count).